The highest BCUT2D eigenvalue weighted by Crippen LogP contribution is 2.32. The summed E-state index contributed by atoms with van der Waals surface area (Å²) >= 11 is 5.19. The largest absolute Gasteiger partial charge is 0.391 e. The second-order valence-electron chi connectivity index (χ2n) is 5.79. The Bertz CT molecular complexity index is 537. The van der Waals surface area contributed by atoms with Gasteiger partial charge in [-0.05, 0) is 43.2 Å². The number of hydrogen-bond acceptors (Lipinski definition) is 2. The van der Waals surface area contributed by atoms with Crippen LogP contribution in [0.4, 0.5) is 0 Å². The van der Waals surface area contributed by atoms with Gasteiger partial charge in [-0.15, -0.1) is 0 Å². The van der Waals surface area contributed by atoms with Gasteiger partial charge in [0.15, 0.2) is 0 Å². The molecule has 1 amide bonds. The summed E-state index contributed by atoms with van der Waals surface area (Å²) in [7, 11) is 0. The van der Waals surface area contributed by atoms with Gasteiger partial charge in [0.05, 0.1) is 16.4 Å². The Morgan fingerprint density at radius 3 is 2.67 bits per heavy atom. The molecule has 3 N–H and O–H groups in total. The second-order valence-corrected chi connectivity index (χ2v) is 6.23. The number of nitrogens with one attached hydrogen (secondary N) is 1. The molecule has 2 rings (SSSR count). The molecule has 0 fully saturated rings. The van der Waals surface area contributed by atoms with E-state index in [0.717, 1.165) is 37.7 Å². The zero-order chi connectivity index (χ0) is 15.5. The van der Waals surface area contributed by atoms with E-state index in [1.54, 1.807) is 0 Å². The molecule has 1 aromatic rings. The number of thiocarbonyl (C=S) groups is 1. The fraction of sp³-hybridized carbons (Fsp3) is 0.529. The normalized spacial score (nSPS) is 17.9. The molecule has 0 radical (unpaired) electrons. The molecule has 114 valence electrons. The summed E-state index contributed by atoms with van der Waals surface area (Å²) in [6.07, 6.45) is 4.44. The van der Waals surface area contributed by atoms with Crippen LogP contribution in [0.3, 0.4) is 0 Å². The van der Waals surface area contributed by atoms with Crippen molar-refractivity contribution in [1.29, 1.82) is 0 Å². The lowest BCUT2D eigenvalue weighted by atomic mass is 9.81. The fourth-order valence-electron chi connectivity index (χ4n) is 3.19. The predicted octanol–water partition coefficient (Wildman–Crippen LogP) is 3.07. The monoisotopic (exact) mass is 304 g/mol. The van der Waals surface area contributed by atoms with E-state index in [1.807, 2.05) is 26.0 Å². The Kier molecular flexibility index (Phi) is 4.99. The van der Waals surface area contributed by atoms with Crippen molar-refractivity contribution in [2.24, 2.45) is 5.73 Å². The van der Waals surface area contributed by atoms with Crippen molar-refractivity contribution < 1.29 is 4.79 Å². The third-order valence-electron chi connectivity index (χ3n) is 4.73. The van der Waals surface area contributed by atoms with Crippen LogP contribution in [0.2, 0.25) is 0 Å². The molecule has 1 aliphatic carbocycles. The summed E-state index contributed by atoms with van der Waals surface area (Å²) in [6, 6.07) is 8.23. The number of benzene rings is 1. The number of nitrogens with two attached hydrogens (primary N) is 1. The van der Waals surface area contributed by atoms with E-state index in [-0.39, 0.29) is 11.8 Å². The van der Waals surface area contributed by atoms with Crippen LogP contribution >= 0.6 is 12.2 Å². The first-order chi connectivity index (χ1) is 10.0. The van der Waals surface area contributed by atoms with Gasteiger partial charge >= 0.3 is 0 Å². The first-order valence-corrected chi connectivity index (χ1v) is 8.14. The van der Waals surface area contributed by atoms with Crippen LogP contribution in [0.1, 0.15) is 56.6 Å². The highest BCUT2D eigenvalue weighted by molar-refractivity contribution is 7.80. The Morgan fingerprint density at radius 1 is 1.38 bits per heavy atom. The lowest BCUT2D eigenvalue weighted by Crippen LogP contribution is -2.57. The first kappa shape index (κ1) is 16.0. The number of amides is 1. The molecule has 0 bridgehead atoms. The quantitative estimate of drug-likeness (QED) is 0.822. The van der Waals surface area contributed by atoms with Crippen molar-refractivity contribution >= 4 is 23.1 Å². The van der Waals surface area contributed by atoms with Gasteiger partial charge in [0.2, 0.25) is 5.91 Å². The number of carbonyl (C=O) groups is 1. The molecule has 1 atom stereocenters. The van der Waals surface area contributed by atoms with Gasteiger partial charge in [-0.2, -0.15) is 0 Å². The van der Waals surface area contributed by atoms with Gasteiger partial charge in [-0.3, -0.25) is 4.79 Å². The molecule has 0 aliphatic heterocycles. The van der Waals surface area contributed by atoms with Crippen LogP contribution in [-0.4, -0.2) is 16.4 Å². The van der Waals surface area contributed by atoms with Crippen LogP contribution in [-0.2, 0) is 11.2 Å². The lowest BCUT2D eigenvalue weighted by molar-refractivity contribution is -0.124. The summed E-state index contributed by atoms with van der Waals surface area (Å²) in [5.74, 6) is -0.0274. The van der Waals surface area contributed by atoms with Crippen molar-refractivity contribution in [3.8, 4) is 0 Å². The standard InChI is InChI=1S/C17H24N2OS/c1-3-17(4-2,16(18)21)19-15(20)14-11-7-9-12-8-5-6-10-13(12)14/h5-6,8,10,14H,3-4,7,9,11H2,1-2H3,(H2,18,21)(H,19,20). The van der Waals surface area contributed by atoms with Gasteiger partial charge in [0, 0.05) is 0 Å². The summed E-state index contributed by atoms with van der Waals surface area (Å²) < 4.78 is 0. The fourth-order valence-corrected chi connectivity index (χ4v) is 3.53. The minimum atomic E-state index is -0.557. The maximum Gasteiger partial charge on any atom is 0.228 e. The Hall–Kier alpha value is -1.42. The first-order valence-electron chi connectivity index (χ1n) is 7.73. The van der Waals surface area contributed by atoms with Gasteiger partial charge in [0.25, 0.3) is 0 Å². The molecule has 0 spiro atoms. The number of fused-ring (bicyclic) bond motifs is 1. The minimum absolute atomic E-state index is 0.0543. The predicted molar refractivity (Wildman–Crippen MR) is 90.4 cm³/mol. The maximum atomic E-state index is 12.8. The summed E-state index contributed by atoms with van der Waals surface area (Å²) in [5.41, 5.74) is 7.77. The van der Waals surface area contributed by atoms with Crippen molar-refractivity contribution in [2.75, 3.05) is 0 Å². The van der Waals surface area contributed by atoms with Crippen molar-refractivity contribution in [2.45, 2.75) is 57.4 Å². The molecular formula is C17H24N2OS. The van der Waals surface area contributed by atoms with Gasteiger partial charge in [-0.25, -0.2) is 0 Å². The molecule has 21 heavy (non-hydrogen) atoms. The Balaban J connectivity index is 2.24. The average Bonchev–Trinajstić information content (AvgIpc) is 2.51. The molecule has 1 aliphatic rings. The minimum Gasteiger partial charge on any atom is -0.391 e. The molecule has 3 nitrogen and oxygen atoms in total. The molecule has 1 unspecified atom stereocenters. The highest BCUT2D eigenvalue weighted by Gasteiger charge is 2.35. The van der Waals surface area contributed by atoms with E-state index >= 15 is 0 Å². The van der Waals surface area contributed by atoms with Crippen molar-refractivity contribution in [3.05, 3.63) is 35.4 Å². The Labute approximate surface area is 132 Å². The molecule has 4 heteroatoms. The maximum absolute atomic E-state index is 12.8. The van der Waals surface area contributed by atoms with Crippen molar-refractivity contribution in [1.82, 2.24) is 5.32 Å². The Morgan fingerprint density at radius 2 is 2.05 bits per heavy atom. The molecule has 0 saturated heterocycles. The number of hydrogen-bond donors (Lipinski definition) is 2. The lowest BCUT2D eigenvalue weighted by Gasteiger charge is -2.34. The number of aryl methyl sites for hydroxylation is 1. The van der Waals surface area contributed by atoms with Crippen molar-refractivity contribution in [3.63, 3.8) is 0 Å². The summed E-state index contributed by atoms with van der Waals surface area (Å²) in [5, 5.41) is 3.13. The third-order valence-corrected chi connectivity index (χ3v) is 5.12. The topological polar surface area (TPSA) is 55.1 Å². The number of carbonyl (C=O) groups excluding carboxylic acids is 1. The van der Waals surface area contributed by atoms with Crippen LogP contribution in [0.25, 0.3) is 0 Å². The summed E-state index contributed by atoms with van der Waals surface area (Å²) in [6.45, 7) is 4.02. The SMILES string of the molecule is CCC(CC)(NC(=O)C1CCCc2ccccc21)C(N)=S. The molecule has 0 heterocycles. The van der Waals surface area contributed by atoms with E-state index in [0.29, 0.717) is 4.99 Å². The van der Waals surface area contributed by atoms with E-state index < -0.39 is 5.54 Å². The zero-order valence-electron chi connectivity index (χ0n) is 12.8. The van der Waals surface area contributed by atoms with Crippen LogP contribution < -0.4 is 11.1 Å². The smallest absolute Gasteiger partial charge is 0.228 e. The highest BCUT2D eigenvalue weighted by atomic mass is 32.1. The third kappa shape index (κ3) is 3.10. The van der Waals surface area contributed by atoms with E-state index in [4.69, 9.17) is 18.0 Å². The molecule has 0 saturated carbocycles. The van der Waals surface area contributed by atoms with Gasteiger partial charge in [0.1, 0.15) is 0 Å². The van der Waals surface area contributed by atoms with E-state index in [1.165, 1.54) is 5.56 Å². The zero-order valence-corrected chi connectivity index (χ0v) is 13.6. The molecule has 0 aromatic heterocycles. The van der Waals surface area contributed by atoms with E-state index in [2.05, 4.69) is 17.4 Å². The molecule has 1 aromatic carbocycles. The van der Waals surface area contributed by atoms with Crippen LogP contribution in [0.5, 0.6) is 0 Å². The van der Waals surface area contributed by atoms with Gasteiger partial charge < -0.3 is 11.1 Å². The van der Waals surface area contributed by atoms with Gasteiger partial charge in [-0.1, -0.05) is 50.3 Å². The second kappa shape index (κ2) is 6.56. The molecular weight excluding hydrogens is 280 g/mol. The van der Waals surface area contributed by atoms with Crippen LogP contribution in [0, 0.1) is 0 Å². The summed E-state index contributed by atoms with van der Waals surface area (Å²) in [4.78, 5) is 13.2. The van der Waals surface area contributed by atoms with E-state index in [9.17, 15) is 4.79 Å². The van der Waals surface area contributed by atoms with Crippen LogP contribution in [0.15, 0.2) is 24.3 Å². The average molecular weight is 304 g/mol. The number of rotatable bonds is 5.